The second kappa shape index (κ2) is 6.85. The molecule has 104 valence electrons. The quantitative estimate of drug-likeness (QED) is 0.807. The van der Waals surface area contributed by atoms with Crippen LogP contribution in [0.1, 0.15) is 50.2 Å². The van der Waals surface area contributed by atoms with Gasteiger partial charge in [0.2, 0.25) is 0 Å². The Morgan fingerprint density at radius 2 is 1.79 bits per heavy atom. The molecule has 0 aromatic heterocycles. The molecule has 1 aliphatic rings. The summed E-state index contributed by atoms with van der Waals surface area (Å²) in [6.45, 7) is 7.49. The molecular formula is C17H25NO. The number of hydrogen-bond donors (Lipinski definition) is 0. The molecule has 1 atom stereocenters. The highest BCUT2D eigenvalue weighted by atomic mass is 16.1. The Balaban J connectivity index is 1.81. The Labute approximate surface area is 116 Å². The number of Topliss-reactive ketones (excluding diaryl/α,β-unsaturated/α-hetero) is 1. The van der Waals surface area contributed by atoms with Gasteiger partial charge in [0.05, 0.1) is 0 Å². The molecule has 0 bridgehead atoms. The highest BCUT2D eigenvalue weighted by molar-refractivity contribution is 5.79. The number of piperidine rings is 1. The fourth-order valence-electron chi connectivity index (χ4n) is 2.56. The van der Waals surface area contributed by atoms with Gasteiger partial charge >= 0.3 is 0 Å². The summed E-state index contributed by atoms with van der Waals surface area (Å²) in [4.78, 5) is 13.6. The van der Waals surface area contributed by atoms with Gasteiger partial charge in [-0.2, -0.15) is 0 Å². The average molecular weight is 259 g/mol. The fourth-order valence-corrected chi connectivity index (χ4v) is 2.56. The zero-order valence-electron chi connectivity index (χ0n) is 12.2. The maximum absolute atomic E-state index is 11.2. The van der Waals surface area contributed by atoms with Crippen LogP contribution in [0.5, 0.6) is 0 Å². The van der Waals surface area contributed by atoms with E-state index in [1.54, 1.807) is 0 Å². The van der Waals surface area contributed by atoms with Gasteiger partial charge in [-0.05, 0) is 29.9 Å². The smallest absolute Gasteiger partial charge is 0.135 e. The summed E-state index contributed by atoms with van der Waals surface area (Å²) in [7, 11) is 0. The van der Waals surface area contributed by atoms with Crippen molar-refractivity contribution in [2.45, 2.75) is 45.4 Å². The van der Waals surface area contributed by atoms with Crippen LogP contribution in [0.2, 0.25) is 0 Å². The Kier molecular flexibility index (Phi) is 5.15. The minimum absolute atomic E-state index is 0.425. The molecule has 2 rings (SSSR count). The zero-order valence-corrected chi connectivity index (χ0v) is 12.2. The molecule has 2 nitrogen and oxygen atoms in total. The standard InChI is InChI=1S/C17H25NO/c1-3-14(2)16-6-4-15(5-7-16)8-11-18-12-9-17(19)10-13-18/h4-7,14H,3,8-13H2,1-2H3. The van der Waals surface area contributed by atoms with E-state index in [2.05, 4.69) is 43.0 Å². The first-order valence-electron chi connectivity index (χ1n) is 7.52. The number of hydrogen-bond acceptors (Lipinski definition) is 2. The minimum Gasteiger partial charge on any atom is -0.302 e. The number of ketones is 1. The lowest BCUT2D eigenvalue weighted by molar-refractivity contribution is -0.121. The Morgan fingerprint density at radius 1 is 1.16 bits per heavy atom. The van der Waals surface area contributed by atoms with E-state index in [1.165, 1.54) is 17.5 Å². The van der Waals surface area contributed by atoms with Gasteiger partial charge in [-0.25, -0.2) is 0 Å². The molecular weight excluding hydrogens is 234 g/mol. The molecule has 19 heavy (non-hydrogen) atoms. The topological polar surface area (TPSA) is 20.3 Å². The van der Waals surface area contributed by atoms with E-state index in [1.807, 2.05) is 0 Å². The van der Waals surface area contributed by atoms with Crippen molar-refractivity contribution in [2.75, 3.05) is 19.6 Å². The summed E-state index contributed by atoms with van der Waals surface area (Å²) in [6.07, 6.45) is 3.77. The summed E-state index contributed by atoms with van der Waals surface area (Å²) in [6, 6.07) is 9.06. The largest absolute Gasteiger partial charge is 0.302 e. The van der Waals surface area contributed by atoms with Crippen molar-refractivity contribution >= 4 is 5.78 Å². The van der Waals surface area contributed by atoms with Crippen LogP contribution in [0, 0.1) is 0 Å². The molecule has 0 aliphatic carbocycles. The molecule has 0 spiro atoms. The van der Waals surface area contributed by atoms with Gasteiger partial charge in [-0.3, -0.25) is 4.79 Å². The number of carbonyl (C=O) groups is 1. The van der Waals surface area contributed by atoms with Crippen molar-refractivity contribution < 1.29 is 4.79 Å². The molecule has 0 amide bonds. The van der Waals surface area contributed by atoms with E-state index >= 15 is 0 Å². The molecule has 1 heterocycles. The molecule has 0 radical (unpaired) electrons. The monoisotopic (exact) mass is 259 g/mol. The highest BCUT2D eigenvalue weighted by Crippen LogP contribution is 2.19. The first-order valence-corrected chi connectivity index (χ1v) is 7.52. The van der Waals surface area contributed by atoms with Crippen molar-refractivity contribution in [3.8, 4) is 0 Å². The van der Waals surface area contributed by atoms with Gasteiger partial charge in [0.15, 0.2) is 0 Å². The average Bonchev–Trinajstić information content (AvgIpc) is 2.46. The van der Waals surface area contributed by atoms with Gasteiger partial charge in [0, 0.05) is 32.5 Å². The highest BCUT2D eigenvalue weighted by Gasteiger charge is 2.15. The number of rotatable bonds is 5. The van der Waals surface area contributed by atoms with Crippen LogP contribution in [0.4, 0.5) is 0 Å². The minimum atomic E-state index is 0.425. The summed E-state index contributed by atoms with van der Waals surface area (Å²) in [5.41, 5.74) is 2.85. The SMILES string of the molecule is CCC(C)c1ccc(CCN2CCC(=O)CC2)cc1. The second-order valence-electron chi connectivity index (χ2n) is 5.68. The predicted molar refractivity (Wildman–Crippen MR) is 79.5 cm³/mol. The molecule has 2 heteroatoms. The van der Waals surface area contributed by atoms with Crippen molar-refractivity contribution in [3.05, 3.63) is 35.4 Å². The van der Waals surface area contributed by atoms with Crippen molar-refractivity contribution in [2.24, 2.45) is 0 Å². The summed E-state index contributed by atoms with van der Waals surface area (Å²) >= 11 is 0. The Bertz CT molecular complexity index is 400. The van der Waals surface area contributed by atoms with Crippen molar-refractivity contribution in [3.63, 3.8) is 0 Å². The molecule has 1 fully saturated rings. The lowest BCUT2D eigenvalue weighted by Gasteiger charge is -2.25. The van der Waals surface area contributed by atoms with Crippen LogP contribution >= 0.6 is 0 Å². The van der Waals surface area contributed by atoms with Crippen LogP contribution in [-0.4, -0.2) is 30.3 Å². The molecule has 1 saturated heterocycles. The van der Waals surface area contributed by atoms with Crippen LogP contribution < -0.4 is 0 Å². The van der Waals surface area contributed by atoms with Crippen molar-refractivity contribution in [1.82, 2.24) is 4.90 Å². The number of benzene rings is 1. The number of nitrogens with zero attached hydrogens (tertiary/aromatic N) is 1. The van der Waals surface area contributed by atoms with Crippen LogP contribution in [0.25, 0.3) is 0 Å². The molecule has 0 saturated carbocycles. The Hall–Kier alpha value is -1.15. The van der Waals surface area contributed by atoms with E-state index in [4.69, 9.17) is 0 Å². The summed E-state index contributed by atoms with van der Waals surface area (Å²) in [5, 5.41) is 0. The first-order chi connectivity index (χ1) is 9.19. The third kappa shape index (κ3) is 4.17. The van der Waals surface area contributed by atoms with Crippen LogP contribution in [0.15, 0.2) is 24.3 Å². The number of likely N-dealkylation sites (tertiary alicyclic amines) is 1. The summed E-state index contributed by atoms with van der Waals surface area (Å²) < 4.78 is 0. The van der Waals surface area contributed by atoms with E-state index in [-0.39, 0.29) is 0 Å². The molecule has 0 N–H and O–H groups in total. The summed E-state index contributed by atoms with van der Waals surface area (Å²) in [5.74, 6) is 1.08. The van der Waals surface area contributed by atoms with Crippen LogP contribution in [-0.2, 0) is 11.2 Å². The fraction of sp³-hybridized carbons (Fsp3) is 0.588. The van der Waals surface area contributed by atoms with E-state index in [0.717, 1.165) is 38.9 Å². The van der Waals surface area contributed by atoms with Gasteiger partial charge in [-0.1, -0.05) is 38.1 Å². The van der Waals surface area contributed by atoms with Crippen molar-refractivity contribution in [1.29, 1.82) is 0 Å². The Morgan fingerprint density at radius 3 is 2.37 bits per heavy atom. The molecule has 1 aliphatic heterocycles. The lowest BCUT2D eigenvalue weighted by Crippen LogP contribution is -2.35. The second-order valence-corrected chi connectivity index (χ2v) is 5.68. The van der Waals surface area contributed by atoms with Gasteiger partial charge in [0.1, 0.15) is 5.78 Å². The molecule has 1 unspecified atom stereocenters. The van der Waals surface area contributed by atoms with Crippen LogP contribution in [0.3, 0.4) is 0 Å². The van der Waals surface area contributed by atoms with E-state index in [9.17, 15) is 4.79 Å². The predicted octanol–water partition coefficient (Wildman–Crippen LogP) is 3.41. The number of carbonyl (C=O) groups excluding carboxylic acids is 1. The first kappa shape index (κ1) is 14.3. The van der Waals surface area contributed by atoms with E-state index in [0.29, 0.717) is 11.7 Å². The molecule has 1 aromatic carbocycles. The third-order valence-electron chi connectivity index (χ3n) is 4.29. The normalized spacial score (nSPS) is 18.5. The van der Waals surface area contributed by atoms with Gasteiger partial charge < -0.3 is 4.90 Å². The van der Waals surface area contributed by atoms with Gasteiger partial charge in [-0.15, -0.1) is 0 Å². The maximum Gasteiger partial charge on any atom is 0.135 e. The lowest BCUT2D eigenvalue weighted by atomic mass is 9.97. The zero-order chi connectivity index (χ0) is 13.7. The van der Waals surface area contributed by atoms with Gasteiger partial charge in [0.25, 0.3) is 0 Å². The van der Waals surface area contributed by atoms with E-state index < -0.39 is 0 Å². The maximum atomic E-state index is 11.2. The molecule has 1 aromatic rings. The third-order valence-corrected chi connectivity index (χ3v) is 4.29.